The number of carbonyl (C=O) groups excluding carboxylic acids is 1. The van der Waals surface area contributed by atoms with Crippen molar-refractivity contribution in [2.45, 2.75) is 36.6 Å². The van der Waals surface area contributed by atoms with Gasteiger partial charge < -0.3 is 15.8 Å². The van der Waals surface area contributed by atoms with Gasteiger partial charge in [-0.3, -0.25) is 14.6 Å². The smallest absolute Gasteiger partial charge is 0.453 e. The van der Waals surface area contributed by atoms with Crippen molar-refractivity contribution in [3.05, 3.63) is 101 Å². The number of hydrogen-bond donors (Lipinski definition) is 2. The van der Waals surface area contributed by atoms with E-state index < -0.39 is 23.4 Å². The van der Waals surface area contributed by atoms with Crippen LogP contribution in [0.25, 0.3) is 5.69 Å². The highest BCUT2D eigenvalue weighted by Gasteiger charge is 2.50. The van der Waals surface area contributed by atoms with Gasteiger partial charge in [0.05, 0.1) is 18.3 Å². The zero-order valence-electron chi connectivity index (χ0n) is 24.8. The lowest BCUT2D eigenvalue weighted by molar-refractivity contribution is -0.146. The molecule has 0 saturated carbocycles. The van der Waals surface area contributed by atoms with Gasteiger partial charge in [0, 0.05) is 63.2 Å². The van der Waals surface area contributed by atoms with Gasteiger partial charge in [0.25, 0.3) is 5.82 Å². The molecule has 0 aliphatic carbocycles. The van der Waals surface area contributed by atoms with E-state index in [0.717, 1.165) is 24.2 Å². The number of aromatic nitrogens is 4. The number of methoxy groups -OCH3 is 1. The molecule has 2 atom stereocenters. The normalized spacial score (nSPS) is 21.0. The molecular weight excluding hydrogens is 585 g/mol. The molecule has 13 heteroatoms. The van der Waals surface area contributed by atoms with E-state index in [2.05, 4.69) is 54.9 Å². The number of rotatable bonds is 9. The van der Waals surface area contributed by atoms with Gasteiger partial charge in [-0.1, -0.05) is 60.7 Å². The molecule has 3 N–H and O–H groups in total. The first kappa shape index (κ1) is 30.7. The summed E-state index contributed by atoms with van der Waals surface area (Å²) in [6, 6.07) is 25.3. The number of alkyl halides is 3. The summed E-state index contributed by atoms with van der Waals surface area (Å²) >= 11 is 0. The van der Waals surface area contributed by atoms with Gasteiger partial charge >= 0.3 is 6.18 Å². The molecule has 3 aromatic carbocycles. The number of hydrogen-bond acceptors (Lipinski definition) is 8. The maximum absolute atomic E-state index is 13.6. The van der Waals surface area contributed by atoms with Crippen LogP contribution in [0.5, 0.6) is 5.75 Å². The summed E-state index contributed by atoms with van der Waals surface area (Å²) in [5.41, 5.74) is 8.43. The number of ether oxygens (including phenoxy) is 1. The third-order valence-corrected chi connectivity index (χ3v) is 8.79. The summed E-state index contributed by atoms with van der Waals surface area (Å²) in [4.78, 5) is 17.3. The van der Waals surface area contributed by atoms with E-state index in [-0.39, 0.29) is 24.1 Å². The summed E-state index contributed by atoms with van der Waals surface area (Å²) in [7, 11) is 1.53. The van der Waals surface area contributed by atoms with Crippen molar-refractivity contribution in [3.63, 3.8) is 0 Å². The zero-order valence-corrected chi connectivity index (χ0v) is 24.8. The van der Waals surface area contributed by atoms with E-state index in [1.165, 1.54) is 13.2 Å². The topological polar surface area (TPSA) is 114 Å². The molecule has 10 nitrogen and oxygen atoms in total. The van der Waals surface area contributed by atoms with Crippen LogP contribution < -0.4 is 15.8 Å². The summed E-state index contributed by atoms with van der Waals surface area (Å²) in [5.74, 6) is -1.11. The average molecular weight is 621 g/mol. The van der Waals surface area contributed by atoms with Gasteiger partial charge in [-0.05, 0) is 39.8 Å². The average Bonchev–Trinajstić information content (AvgIpc) is 3.53. The van der Waals surface area contributed by atoms with Crippen LogP contribution >= 0.6 is 0 Å². The molecule has 0 bridgehead atoms. The first-order valence-corrected chi connectivity index (χ1v) is 14.8. The minimum Gasteiger partial charge on any atom is -0.496 e. The van der Waals surface area contributed by atoms with E-state index in [1.54, 1.807) is 12.1 Å². The van der Waals surface area contributed by atoms with Crippen molar-refractivity contribution in [3.8, 4) is 11.4 Å². The number of halogens is 3. The molecule has 3 heterocycles. The van der Waals surface area contributed by atoms with Crippen LogP contribution in [0.3, 0.4) is 0 Å². The number of carbonyl (C=O) groups is 1. The number of nitrogens with zero attached hydrogens (tertiary/aromatic N) is 6. The number of fused-ring (bicyclic) bond motifs is 1. The van der Waals surface area contributed by atoms with Crippen LogP contribution in [0.15, 0.2) is 78.9 Å². The molecule has 1 amide bonds. The Morgan fingerprint density at radius 1 is 1.09 bits per heavy atom. The summed E-state index contributed by atoms with van der Waals surface area (Å²) in [6.45, 7) is 3.57. The predicted octanol–water partition coefficient (Wildman–Crippen LogP) is 3.23. The van der Waals surface area contributed by atoms with Crippen LogP contribution in [0.1, 0.15) is 34.9 Å². The number of amides is 1. The second kappa shape index (κ2) is 12.6. The Bertz CT molecular complexity index is 1580. The van der Waals surface area contributed by atoms with Crippen molar-refractivity contribution in [2.75, 3.05) is 39.8 Å². The van der Waals surface area contributed by atoms with Crippen molar-refractivity contribution < 1.29 is 22.7 Å². The first-order valence-electron chi connectivity index (χ1n) is 14.8. The quantitative estimate of drug-likeness (QED) is 0.293. The lowest BCUT2D eigenvalue weighted by atomic mass is 9.77. The summed E-state index contributed by atoms with van der Waals surface area (Å²) in [5, 5.41) is 13.6. The third kappa shape index (κ3) is 6.28. The molecule has 1 aromatic heterocycles. The standard InChI is InChI=1S/C32H35F3N8O2/c1-45-27-13-12-25(43-30(32(33,34)35)38-39-40-43)16-24(27)18-41-19-26(42-15-14-37-20-31(42,21-41)17-28(36)44)29(22-8-4-2-5-9-22)23-10-6-3-7-11-23/h2-13,16,26,29,37H,14-15,17-21H2,1H3,(H2,36,44)/t26-,31+/m0/s1. The highest BCUT2D eigenvalue weighted by Crippen LogP contribution is 2.40. The molecule has 6 rings (SSSR count). The number of primary amides is 1. The summed E-state index contributed by atoms with van der Waals surface area (Å²) < 4.78 is 47.3. The van der Waals surface area contributed by atoms with Gasteiger partial charge in [-0.2, -0.15) is 17.9 Å². The zero-order chi connectivity index (χ0) is 31.6. The minimum absolute atomic E-state index is 0.0238. The van der Waals surface area contributed by atoms with Crippen molar-refractivity contribution >= 4 is 5.91 Å². The Balaban J connectivity index is 1.43. The van der Waals surface area contributed by atoms with Crippen molar-refractivity contribution in [1.29, 1.82) is 0 Å². The Hall–Kier alpha value is -4.33. The van der Waals surface area contributed by atoms with E-state index >= 15 is 0 Å². The monoisotopic (exact) mass is 620 g/mol. The highest BCUT2D eigenvalue weighted by molar-refractivity contribution is 5.75. The summed E-state index contributed by atoms with van der Waals surface area (Å²) in [6.07, 6.45) is -4.58. The number of piperazine rings is 2. The number of benzene rings is 3. The molecule has 45 heavy (non-hydrogen) atoms. The van der Waals surface area contributed by atoms with E-state index in [0.29, 0.717) is 42.2 Å². The van der Waals surface area contributed by atoms with Crippen LogP contribution in [0.2, 0.25) is 0 Å². The Labute approximate surface area is 258 Å². The first-order chi connectivity index (χ1) is 21.7. The lowest BCUT2D eigenvalue weighted by Gasteiger charge is -2.58. The molecule has 2 fully saturated rings. The molecule has 0 unspecified atom stereocenters. The van der Waals surface area contributed by atoms with E-state index in [1.807, 2.05) is 36.4 Å². The Kier molecular flexibility index (Phi) is 8.58. The van der Waals surface area contributed by atoms with Crippen LogP contribution in [-0.4, -0.2) is 87.3 Å². The van der Waals surface area contributed by atoms with Gasteiger partial charge in [0.2, 0.25) is 5.91 Å². The number of nitrogens with two attached hydrogens (primary N) is 1. The number of tetrazole rings is 1. The second-order valence-corrected chi connectivity index (χ2v) is 11.7. The fourth-order valence-corrected chi connectivity index (χ4v) is 7.07. The SMILES string of the molecule is COc1ccc(-n2nnnc2C(F)(F)F)cc1CN1C[C@@H](C(c2ccccc2)c2ccccc2)N2CCNC[C@]2(CC(N)=O)C1. The number of nitrogens with one attached hydrogen (secondary N) is 1. The van der Waals surface area contributed by atoms with Crippen LogP contribution in [0, 0.1) is 0 Å². The largest absolute Gasteiger partial charge is 0.496 e. The molecule has 2 aliphatic rings. The maximum Gasteiger partial charge on any atom is 0.453 e. The molecule has 4 aromatic rings. The fourth-order valence-electron chi connectivity index (χ4n) is 7.07. The van der Waals surface area contributed by atoms with Crippen molar-refractivity contribution in [1.82, 2.24) is 35.3 Å². The maximum atomic E-state index is 13.6. The molecule has 2 aliphatic heterocycles. The van der Waals surface area contributed by atoms with E-state index in [4.69, 9.17) is 10.5 Å². The fraction of sp³-hybridized carbons (Fsp3) is 0.375. The molecule has 2 saturated heterocycles. The minimum atomic E-state index is -4.73. The lowest BCUT2D eigenvalue weighted by Crippen LogP contribution is -2.74. The van der Waals surface area contributed by atoms with Crippen LogP contribution in [-0.2, 0) is 17.5 Å². The second-order valence-electron chi connectivity index (χ2n) is 11.7. The highest BCUT2D eigenvalue weighted by atomic mass is 19.4. The predicted molar refractivity (Wildman–Crippen MR) is 161 cm³/mol. The van der Waals surface area contributed by atoms with Gasteiger partial charge in [-0.25, -0.2) is 0 Å². The van der Waals surface area contributed by atoms with E-state index in [9.17, 15) is 18.0 Å². The molecular formula is C32H35F3N8O2. The van der Waals surface area contributed by atoms with Gasteiger partial charge in [0.1, 0.15) is 5.75 Å². The van der Waals surface area contributed by atoms with Crippen molar-refractivity contribution in [2.24, 2.45) is 5.73 Å². The molecule has 236 valence electrons. The Morgan fingerprint density at radius 3 is 2.40 bits per heavy atom. The molecule has 0 spiro atoms. The van der Waals surface area contributed by atoms with Gasteiger partial charge in [0.15, 0.2) is 0 Å². The van der Waals surface area contributed by atoms with Gasteiger partial charge in [-0.15, -0.1) is 5.10 Å². The Morgan fingerprint density at radius 2 is 1.78 bits per heavy atom. The third-order valence-electron chi connectivity index (χ3n) is 8.79. The molecule has 0 radical (unpaired) electrons. The van der Waals surface area contributed by atoms with Crippen LogP contribution in [0.4, 0.5) is 13.2 Å².